The standard InChI is InChI=1S/C17H26BrN5S.HI/c1-5-16-21-14(12-24-16)7-8-20-17(19-6-2)23(4)11-15-9-13(18)10-22(15)3;/h9-10,12H,5-8,11H2,1-4H3,(H,19,20);1H. The van der Waals surface area contributed by atoms with E-state index in [1.54, 1.807) is 11.3 Å². The molecule has 0 spiro atoms. The Hall–Kier alpha value is -0.610. The van der Waals surface area contributed by atoms with Crippen molar-refractivity contribution in [2.75, 3.05) is 20.1 Å². The molecule has 2 heterocycles. The van der Waals surface area contributed by atoms with E-state index in [-0.39, 0.29) is 24.0 Å². The lowest BCUT2D eigenvalue weighted by atomic mass is 10.3. The molecule has 0 saturated heterocycles. The molecule has 0 aliphatic rings. The van der Waals surface area contributed by atoms with E-state index >= 15 is 0 Å². The highest BCUT2D eigenvalue weighted by atomic mass is 127. The van der Waals surface area contributed by atoms with Crippen molar-refractivity contribution in [1.29, 1.82) is 0 Å². The van der Waals surface area contributed by atoms with Crippen LogP contribution >= 0.6 is 51.2 Å². The molecule has 0 radical (unpaired) electrons. The third-order valence-corrected chi connectivity index (χ3v) is 5.18. The van der Waals surface area contributed by atoms with Crippen LogP contribution in [0.4, 0.5) is 0 Å². The molecule has 0 atom stereocenters. The molecule has 2 aromatic rings. The molecule has 0 unspecified atom stereocenters. The molecular formula is C17H27BrIN5S. The Morgan fingerprint density at radius 2 is 2.20 bits per heavy atom. The van der Waals surface area contributed by atoms with Crippen LogP contribution in [0.1, 0.15) is 30.2 Å². The molecule has 0 bridgehead atoms. The number of aryl methyl sites for hydroxylation is 2. The highest BCUT2D eigenvalue weighted by Crippen LogP contribution is 2.15. The van der Waals surface area contributed by atoms with E-state index in [2.05, 4.69) is 81.3 Å². The van der Waals surface area contributed by atoms with Gasteiger partial charge in [-0.1, -0.05) is 6.92 Å². The van der Waals surface area contributed by atoms with E-state index in [0.29, 0.717) is 0 Å². The Morgan fingerprint density at radius 3 is 2.76 bits per heavy atom. The molecule has 0 fully saturated rings. The lowest BCUT2D eigenvalue weighted by Crippen LogP contribution is -2.39. The monoisotopic (exact) mass is 539 g/mol. The van der Waals surface area contributed by atoms with Crippen LogP contribution in [0.2, 0.25) is 0 Å². The SMILES string of the molecule is CCNC(=NCCc1csc(CC)n1)N(C)Cc1cc(Br)cn1C.I. The summed E-state index contributed by atoms with van der Waals surface area (Å²) in [4.78, 5) is 11.5. The van der Waals surface area contributed by atoms with Crippen molar-refractivity contribution in [2.24, 2.45) is 12.0 Å². The number of guanidine groups is 1. The van der Waals surface area contributed by atoms with Gasteiger partial charge in [-0.15, -0.1) is 35.3 Å². The zero-order valence-corrected chi connectivity index (χ0v) is 20.0. The average Bonchev–Trinajstić information content (AvgIpc) is 3.13. The Kier molecular flexibility index (Phi) is 10.0. The summed E-state index contributed by atoms with van der Waals surface area (Å²) in [5, 5.41) is 6.72. The van der Waals surface area contributed by atoms with Crippen LogP contribution in [0.15, 0.2) is 27.1 Å². The highest BCUT2D eigenvalue weighted by molar-refractivity contribution is 14.0. The maximum atomic E-state index is 4.75. The van der Waals surface area contributed by atoms with Gasteiger partial charge in [0.05, 0.1) is 17.2 Å². The van der Waals surface area contributed by atoms with Crippen molar-refractivity contribution >= 4 is 57.2 Å². The molecule has 0 aliphatic carbocycles. The maximum absolute atomic E-state index is 4.75. The number of nitrogens with zero attached hydrogens (tertiary/aromatic N) is 4. The normalized spacial score (nSPS) is 11.3. The molecule has 25 heavy (non-hydrogen) atoms. The van der Waals surface area contributed by atoms with Gasteiger partial charge in [-0.2, -0.15) is 0 Å². The number of rotatable bonds is 7. The fourth-order valence-electron chi connectivity index (χ4n) is 2.41. The molecule has 2 aromatic heterocycles. The van der Waals surface area contributed by atoms with Gasteiger partial charge < -0.3 is 14.8 Å². The fourth-order valence-corrected chi connectivity index (χ4v) is 3.76. The lowest BCUT2D eigenvalue weighted by Gasteiger charge is -2.22. The van der Waals surface area contributed by atoms with Gasteiger partial charge >= 0.3 is 0 Å². The third kappa shape index (κ3) is 6.90. The zero-order valence-electron chi connectivity index (χ0n) is 15.3. The van der Waals surface area contributed by atoms with Gasteiger partial charge in [0.25, 0.3) is 0 Å². The second-order valence-corrected chi connectivity index (χ2v) is 7.55. The van der Waals surface area contributed by atoms with E-state index in [1.807, 2.05) is 0 Å². The summed E-state index contributed by atoms with van der Waals surface area (Å²) in [6.45, 7) is 6.65. The van der Waals surface area contributed by atoms with E-state index in [1.165, 1.54) is 10.7 Å². The number of halogens is 2. The number of aromatic nitrogens is 2. The minimum Gasteiger partial charge on any atom is -0.357 e. The van der Waals surface area contributed by atoms with Crippen LogP contribution in [0.3, 0.4) is 0 Å². The van der Waals surface area contributed by atoms with Crippen LogP contribution in [0.5, 0.6) is 0 Å². The second kappa shape index (κ2) is 11.2. The molecule has 0 aromatic carbocycles. The van der Waals surface area contributed by atoms with Gasteiger partial charge in [-0.05, 0) is 35.3 Å². The topological polar surface area (TPSA) is 45.5 Å². The van der Waals surface area contributed by atoms with Crippen LogP contribution < -0.4 is 5.32 Å². The largest absolute Gasteiger partial charge is 0.357 e. The smallest absolute Gasteiger partial charge is 0.194 e. The Balaban J connectivity index is 0.00000312. The molecule has 2 rings (SSSR count). The quantitative estimate of drug-likeness (QED) is 0.328. The minimum atomic E-state index is 0. The first-order valence-electron chi connectivity index (χ1n) is 8.27. The van der Waals surface area contributed by atoms with Gasteiger partial charge in [-0.25, -0.2) is 4.98 Å². The van der Waals surface area contributed by atoms with Crippen LogP contribution in [-0.2, 0) is 26.4 Å². The van der Waals surface area contributed by atoms with Crippen molar-refractivity contribution in [3.8, 4) is 0 Å². The summed E-state index contributed by atoms with van der Waals surface area (Å²) in [6.07, 6.45) is 3.96. The molecule has 8 heteroatoms. The molecule has 5 nitrogen and oxygen atoms in total. The Morgan fingerprint density at radius 1 is 1.44 bits per heavy atom. The van der Waals surface area contributed by atoms with Gasteiger partial charge in [0.1, 0.15) is 0 Å². The summed E-state index contributed by atoms with van der Waals surface area (Å²) in [6, 6.07) is 2.14. The van der Waals surface area contributed by atoms with Gasteiger partial charge in [-0.3, -0.25) is 4.99 Å². The summed E-state index contributed by atoms with van der Waals surface area (Å²) < 4.78 is 3.23. The highest BCUT2D eigenvalue weighted by Gasteiger charge is 2.09. The molecule has 0 amide bonds. The van der Waals surface area contributed by atoms with E-state index < -0.39 is 0 Å². The zero-order chi connectivity index (χ0) is 17.5. The van der Waals surface area contributed by atoms with E-state index in [4.69, 9.17) is 4.99 Å². The second-order valence-electron chi connectivity index (χ2n) is 5.69. The van der Waals surface area contributed by atoms with Crippen LogP contribution in [0.25, 0.3) is 0 Å². The van der Waals surface area contributed by atoms with Crippen molar-refractivity contribution in [3.63, 3.8) is 0 Å². The van der Waals surface area contributed by atoms with Crippen LogP contribution in [0, 0.1) is 0 Å². The number of hydrogen-bond acceptors (Lipinski definition) is 3. The van der Waals surface area contributed by atoms with Gasteiger partial charge in [0.15, 0.2) is 5.96 Å². The third-order valence-electron chi connectivity index (χ3n) is 3.70. The van der Waals surface area contributed by atoms with Crippen molar-refractivity contribution in [3.05, 3.63) is 38.5 Å². The first-order chi connectivity index (χ1) is 11.5. The summed E-state index contributed by atoms with van der Waals surface area (Å²) in [7, 11) is 4.13. The fraction of sp³-hybridized carbons (Fsp3) is 0.529. The first-order valence-corrected chi connectivity index (χ1v) is 9.94. The Labute approximate surface area is 180 Å². The summed E-state index contributed by atoms with van der Waals surface area (Å²) in [5.74, 6) is 0.931. The average molecular weight is 540 g/mol. The first kappa shape index (κ1) is 22.4. The predicted octanol–water partition coefficient (Wildman–Crippen LogP) is 4.06. The molecule has 1 N–H and O–H groups in total. The van der Waals surface area contributed by atoms with Gasteiger partial charge in [0, 0.05) is 55.3 Å². The van der Waals surface area contributed by atoms with Crippen molar-refractivity contribution in [2.45, 2.75) is 33.2 Å². The van der Waals surface area contributed by atoms with E-state index in [0.717, 1.165) is 48.6 Å². The summed E-state index contributed by atoms with van der Waals surface area (Å²) >= 11 is 5.26. The number of nitrogens with one attached hydrogen (secondary N) is 1. The van der Waals surface area contributed by atoms with E-state index in [9.17, 15) is 0 Å². The molecule has 0 saturated carbocycles. The molecular weight excluding hydrogens is 513 g/mol. The Bertz CT molecular complexity index is 682. The van der Waals surface area contributed by atoms with Gasteiger partial charge in [0.2, 0.25) is 0 Å². The number of hydrogen-bond donors (Lipinski definition) is 1. The van der Waals surface area contributed by atoms with Crippen LogP contribution in [-0.4, -0.2) is 40.5 Å². The van der Waals surface area contributed by atoms with Crippen molar-refractivity contribution in [1.82, 2.24) is 19.8 Å². The minimum absolute atomic E-state index is 0. The predicted molar refractivity (Wildman–Crippen MR) is 121 cm³/mol. The lowest BCUT2D eigenvalue weighted by molar-refractivity contribution is 0.462. The molecule has 140 valence electrons. The number of aliphatic imine (C=N–C) groups is 1. The maximum Gasteiger partial charge on any atom is 0.194 e. The number of thiazole rings is 1. The molecule has 0 aliphatic heterocycles. The summed E-state index contributed by atoms with van der Waals surface area (Å²) in [5.41, 5.74) is 2.38. The van der Waals surface area contributed by atoms with Crippen molar-refractivity contribution < 1.29 is 0 Å².